The third kappa shape index (κ3) is 3.81. The first kappa shape index (κ1) is 10.6. The predicted octanol–water partition coefficient (Wildman–Crippen LogP) is 1.36. The van der Waals surface area contributed by atoms with Crippen LogP contribution in [0.3, 0.4) is 0 Å². The molecule has 0 saturated carbocycles. The fraction of sp³-hybridized carbons (Fsp3) is 0.778. The van der Waals surface area contributed by atoms with Crippen LogP contribution in [0.15, 0.2) is 12.3 Å². The molecule has 76 valence electrons. The number of allylic oxidation sites excluding steroid dienone is 1. The molecule has 1 heterocycles. The first-order chi connectivity index (χ1) is 6.14. The van der Waals surface area contributed by atoms with E-state index in [0.29, 0.717) is 24.0 Å². The molecule has 0 aromatic heterocycles. The molecular formula is C9H16O3S. The monoisotopic (exact) mass is 204 g/mol. The summed E-state index contributed by atoms with van der Waals surface area (Å²) >= 11 is 0. The van der Waals surface area contributed by atoms with Gasteiger partial charge in [-0.2, -0.15) is 0 Å². The van der Waals surface area contributed by atoms with Gasteiger partial charge in [-0.25, -0.2) is 8.42 Å². The molecule has 4 heteroatoms. The summed E-state index contributed by atoms with van der Waals surface area (Å²) in [5, 5.41) is 0. The fourth-order valence-corrected chi connectivity index (χ4v) is 3.13. The molecule has 1 aliphatic heterocycles. The molecule has 0 amide bonds. The van der Waals surface area contributed by atoms with Crippen molar-refractivity contribution in [2.45, 2.75) is 19.8 Å². The molecule has 0 aliphatic carbocycles. The van der Waals surface area contributed by atoms with Gasteiger partial charge in [0.2, 0.25) is 0 Å². The van der Waals surface area contributed by atoms with Crippen LogP contribution in [0.1, 0.15) is 19.8 Å². The molecule has 1 saturated heterocycles. The van der Waals surface area contributed by atoms with E-state index in [0.717, 1.165) is 12.8 Å². The van der Waals surface area contributed by atoms with Crippen LogP contribution in [0.25, 0.3) is 0 Å². The van der Waals surface area contributed by atoms with Crippen LogP contribution in [-0.2, 0) is 14.6 Å². The first-order valence-electron chi connectivity index (χ1n) is 4.57. The van der Waals surface area contributed by atoms with E-state index in [4.69, 9.17) is 4.74 Å². The summed E-state index contributed by atoms with van der Waals surface area (Å²) in [6, 6.07) is 0. The minimum atomic E-state index is -2.63. The lowest BCUT2D eigenvalue weighted by atomic mass is 10.1. The van der Waals surface area contributed by atoms with Gasteiger partial charge in [0.25, 0.3) is 0 Å². The number of ether oxygens (including phenoxy) is 1. The molecule has 1 aliphatic rings. The largest absolute Gasteiger partial charge is 0.502 e. The quantitative estimate of drug-likeness (QED) is 0.501. The van der Waals surface area contributed by atoms with Gasteiger partial charge in [-0.1, -0.05) is 6.08 Å². The molecule has 3 nitrogen and oxygen atoms in total. The van der Waals surface area contributed by atoms with Crippen LogP contribution in [0.2, 0.25) is 0 Å². The van der Waals surface area contributed by atoms with Crippen LogP contribution in [-0.4, -0.2) is 26.5 Å². The lowest BCUT2D eigenvalue weighted by Gasteiger charge is -2.25. The summed E-state index contributed by atoms with van der Waals surface area (Å²) in [7, 11) is -2.63. The molecule has 0 spiro atoms. The van der Waals surface area contributed by atoms with Gasteiger partial charge in [0, 0.05) is 0 Å². The predicted molar refractivity (Wildman–Crippen MR) is 52.1 cm³/mol. The average molecular weight is 204 g/mol. The SMILES string of the molecule is C/C=C/OCCCC1CS(=O)(=O)C1. The van der Waals surface area contributed by atoms with Gasteiger partial charge in [-0.05, 0) is 25.7 Å². The zero-order chi connectivity index (χ0) is 9.73. The van der Waals surface area contributed by atoms with E-state index < -0.39 is 9.84 Å². The van der Waals surface area contributed by atoms with Crippen molar-refractivity contribution in [3.05, 3.63) is 12.3 Å². The zero-order valence-electron chi connectivity index (χ0n) is 7.90. The Labute approximate surface area is 79.7 Å². The van der Waals surface area contributed by atoms with Crippen molar-refractivity contribution < 1.29 is 13.2 Å². The van der Waals surface area contributed by atoms with Crippen LogP contribution in [0.5, 0.6) is 0 Å². The standard InChI is InChI=1S/C9H16O3S/c1-2-5-12-6-3-4-9-7-13(10,11)8-9/h2,5,9H,3-4,6-8H2,1H3/b5-2+. The third-order valence-electron chi connectivity index (χ3n) is 2.09. The average Bonchev–Trinajstić information content (AvgIpc) is 2.00. The molecule has 1 rings (SSSR count). The molecular weight excluding hydrogens is 188 g/mol. The molecule has 0 radical (unpaired) electrons. The Balaban J connectivity index is 1.97. The Morgan fingerprint density at radius 2 is 2.15 bits per heavy atom. The van der Waals surface area contributed by atoms with E-state index >= 15 is 0 Å². The Morgan fingerprint density at radius 1 is 1.46 bits per heavy atom. The molecule has 0 unspecified atom stereocenters. The van der Waals surface area contributed by atoms with Crippen molar-refractivity contribution >= 4 is 9.84 Å². The molecule has 1 fully saturated rings. The minimum absolute atomic E-state index is 0.386. The van der Waals surface area contributed by atoms with Crippen molar-refractivity contribution in [2.75, 3.05) is 18.1 Å². The van der Waals surface area contributed by atoms with E-state index in [1.54, 1.807) is 6.26 Å². The van der Waals surface area contributed by atoms with E-state index in [2.05, 4.69) is 0 Å². The van der Waals surface area contributed by atoms with Gasteiger partial charge in [0.15, 0.2) is 9.84 Å². The van der Waals surface area contributed by atoms with Crippen LogP contribution >= 0.6 is 0 Å². The van der Waals surface area contributed by atoms with Gasteiger partial charge in [0.05, 0.1) is 24.4 Å². The summed E-state index contributed by atoms with van der Waals surface area (Å²) < 4.78 is 26.7. The van der Waals surface area contributed by atoms with Gasteiger partial charge in [0.1, 0.15) is 0 Å². The van der Waals surface area contributed by atoms with Crippen molar-refractivity contribution in [1.29, 1.82) is 0 Å². The smallest absolute Gasteiger partial charge is 0.150 e. The zero-order valence-corrected chi connectivity index (χ0v) is 8.72. The van der Waals surface area contributed by atoms with Crippen LogP contribution in [0, 0.1) is 5.92 Å². The highest BCUT2D eigenvalue weighted by atomic mass is 32.2. The topological polar surface area (TPSA) is 43.4 Å². The Kier molecular flexibility index (Phi) is 3.78. The maximum Gasteiger partial charge on any atom is 0.150 e. The Bertz CT molecular complexity index is 255. The molecule has 0 aromatic rings. The van der Waals surface area contributed by atoms with Gasteiger partial charge < -0.3 is 4.74 Å². The second-order valence-electron chi connectivity index (χ2n) is 3.43. The number of rotatable bonds is 5. The minimum Gasteiger partial charge on any atom is -0.502 e. The van der Waals surface area contributed by atoms with Crippen LogP contribution in [0.4, 0.5) is 0 Å². The molecule has 0 atom stereocenters. The highest BCUT2D eigenvalue weighted by molar-refractivity contribution is 7.92. The summed E-state index contributed by atoms with van der Waals surface area (Å²) in [6.07, 6.45) is 5.42. The molecule has 0 aromatic carbocycles. The van der Waals surface area contributed by atoms with Crippen LogP contribution < -0.4 is 0 Å². The highest BCUT2D eigenvalue weighted by Gasteiger charge is 2.32. The van der Waals surface area contributed by atoms with Crippen molar-refractivity contribution in [1.82, 2.24) is 0 Å². The van der Waals surface area contributed by atoms with Crippen molar-refractivity contribution in [3.63, 3.8) is 0 Å². The lowest BCUT2D eigenvalue weighted by molar-refractivity contribution is 0.234. The molecule has 0 bridgehead atoms. The first-order valence-corrected chi connectivity index (χ1v) is 6.39. The normalized spacial score (nSPS) is 21.6. The third-order valence-corrected chi connectivity index (χ3v) is 4.04. The molecule has 13 heavy (non-hydrogen) atoms. The van der Waals surface area contributed by atoms with Crippen molar-refractivity contribution in [2.24, 2.45) is 5.92 Å². The van der Waals surface area contributed by atoms with Gasteiger partial charge in [-0.3, -0.25) is 0 Å². The second kappa shape index (κ2) is 4.65. The summed E-state index contributed by atoms with van der Waals surface area (Å²) in [5.74, 6) is 1.16. The van der Waals surface area contributed by atoms with E-state index in [-0.39, 0.29) is 0 Å². The number of hydrogen-bond donors (Lipinski definition) is 0. The van der Waals surface area contributed by atoms with Gasteiger partial charge >= 0.3 is 0 Å². The lowest BCUT2D eigenvalue weighted by Crippen LogP contribution is -2.36. The van der Waals surface area contributed by atoms with E-state index in [1.165, 1.54) is 0 Å². The summed E-state index contributed by atoms with van der Waals surface area (Å²) in [6.45, 7) is 2.60. The van der Waals surface area contributed by atoms with E-state index in [9.17, 15) is 8.42 Å². The second-order valence-corrected chi connectivity index (χ2v) is 5.58. The summed E-state index contributed by atoms with van der Waals surface area (Å²) in [4.78, 5) is 0. The highest BCUT2D eigenvalue weighted by Crippen LogP contribution is 2.22. The van der Waals surface area contributed by atoms with E-state index in [1.807, 2.05) is 13.0 Å². The Hall–Kier alpha value is -0.510. The summed E-state index contributed by atoms with van der Waals surface area (Å²) in [5.41, 5.74) is 0. The molecule has 0 N–H and O–H groups in total. The maximum absolute atomic E-state index is 10.8. The maximum atomic E-state index is 10.8. The van der Waals surface area contributed by atoms with Gasteiger partial charge in [-0.15, -0.1) is 0 Å². The number of hydrogen-bond acceptors (Lipinski definition) is 3. The fourth-order valence-electron chi connectivity index (χ4n) is 1.46. The van der Waals surface area contributed by atoms with Crippen molar-refractivity contribution in [3.8, 4) is 0 Å². The number of sulfone groups is 1. The Morgan fingerprint density at radius 3 is 2.69 bits per heavy atom.